The number of halogens is 3. The van der Waals surface area contributed by atoms with Gasteiger partial charge in [0, 0.05) is 43.0 Å². The number of hydrogen-bond donors (Lipinski definition) is 2. The van der Waals surface area contributed by atoms with E-state index in [-0.39, 0.29) is 55.2 Å². The first-order chi connectivity index (χ1) is 21.7. The second-order valence-corrected chi connectivity index (χ2v) is 15.6. The van der Waals surface area contributed by atoms with Crippen LogP contribution >= 0.6 is 11.3 Å². The normalized spacial score (nSPS) is 29.6. The fourth-order valence-electron chi connectivity index (χ4n) is 6.93. The molecule has 3 unspecified atom stereocenters. The zero-order valence-corrected chi connectivity index (χ0v) is 27.0. The average molecular weight is 682 g/mol. The van der Waals surface area contributed by atoms with Gasteiger partial charge < -0.3 is 15.2 Å². The summed E-state index contributed by atoms with van der Waals surface area (Å²) in [5, 5.41) is 13.8. The Hall–Kier alpha value is -3.34. The number of alkyl halides is 2. The minimum atomic E-state index is -4.03. The number of nitrogens with one attached hydrogen (secondary N) is 1. The van der Waals surface area contributed by atoms with Gasteiger partial charge in [-0.15, -0.1) is 11.3 Å². The molecule has 1 aliphatic carbocycles. The van der Waals surface area contributed by atoms with Crippen molar-refractivity contribution in [1.82, 2.24) is 19.5 Å². The molecule has 2 aromatic rings. The molecule has 3 fully saturated rings. The SMILES string of the molecule is CCOC(=O)C1=C(CN2CC(F)(F)C3CN(S(=O)(=O)C4CC(C)(C(=O)O)C4)CC32)NC(c2nccs2)=NC1c1cccc(F)c1C. The van der Waals surface area contributed by atoms with E-state index in [9.17, 15) is 27.5 Å². The summed E-state index contributed by atoms with van der Waals surface area (Å²) in [7, 11) is -4.03. The van der Waals surface area contributed by atoms with E-state index < -0.39 is 75.5 Å². The van der Waals surface area contributed by atoms with Crippen molar-refractivity contribution in [1.29, 1.82) is 0 Å². The van der Waals surface area contributed by atoms with Crippen molar-refractivity contribution in [3.8, 4) is 0 Å². The van der Waals surface area contributed by atoms with E-state index in [1.807, 2.05) is 0 Å². The fourth-order valence-corrected chi connectivity index (χ4v) is 9.83. The van der Waals surface area contributed by atoms with Crippen LogP contribution in [0.25, 0.3) is 0 Å². The first-order valence-corrected chi connectivity index (χ1v) is 17.3. The van der Waals surface area contributed by atoms with Crippen LogP contribution in [-0.2, 0) is 24.3 Å². The minimum absolute atomic E-state index is 0.0227. The molecule has 3 aliphatic heterocycles. The Kier molecular flexibility index (Phi) is 8.30. The summed E-state index contributed by atoms with van der Waals surface area (Å²) in [6.07, 6.45) is 1.39. The topological polar surface area (TPSA) is 142 Å². The van der Waals surface area contributed by atoms with Crippen molar-refractivity contribution in [2.24, 2.45) is 16.3 Å². The Balaban J connectivity index is 1.35. The van der Waals surface area contributed by atoms with Crippen LogP contribution in [0.15, 0.2) is 46.0 Å². The zero-order valence-electron chi connectivity index (χ0n) is 25.4. The van der Waals surface area contributed by atoms with Gasteiger partial charge in [-0.05, 0) is 50.8 Å². The van der Waals surface area contributed by atoms with Crippen LogP contribution in [0.2, 0.25) is 0 Å². The molecule has 0 amide bonds. The number of nitrogens with zero attached hydrogens (tertiary/aromatic N) is 4. The van der Waals surface area contributed by atoms with E-state index in [0.717, 1.165) is 4.31 Å². The molecule has 0 radical (unpaired) electrons. The standard InChI is InChI=1S/C30H34F3N5O6S2/c1-4-44-27(39)23-21(35-25(26-34-8-9-45-26)36-24(23)18-6-5-7-20(31)16(18)2)13-37-15-30(32,33)19-12-38(14-22(19)37)46(42,43)17-10-29(3,11-17)28(40)41/h5-9,17,19,22,24H,4,10-15H2,1-3H3,(H,35,36)(H,40,41). The molecule has 3 atom stereocenters. The molecule has 1 aromatic heterocycles. The van der Waals surface area contributed by atoms with Gasteiger partial charge in [-0.2, -0.15) is 4.31 Å². The quantitative estimate of drug-likeness (QED) is 0.382. The summed E-state index contributed by atoms with van der Waals surface area (Å²) in [4.78, 5) is 35.6. The molecule has 1 aromatic carbocycles. The zero-order chi connectivity index (χ0) is 33.2. The van der Waals surface area contributed by atoms with Gasteiger partial charge in [0.1, 0.15) is 11.9 Å². The maximum Gasteiger partial charge on any atom is 0.338 e. The van der Waals surface area contributed by atoms with Crippen LogP contribution in [0.1, 0.15) is 48.9 Å². The lowest BCUT2D eigenvalue weighted by molar-refractivity contribution is -0.152. The number of rotatable bonds is 9. The number of carboxylic acid groups (broad SMARTS) is 1. The number of thiazole rings is 1. The summed E-state index contributed by atoms with van der Waals surface area (Å²) in [5.41, 5.74) is -0.252. The van der Waals surface area contributed by atoms with Gasteiger partial charge in [-0.3, -0.25) is 14.7 Å². The maximum atomic E-state index is 15.6. The second kappa shape index (κ2) is 11.7. The predicted octanol–water partition coefficient (Wildman–Crippen LogP) is 3.33. The molecular formula is C30H34F3N5O6S2. The maximum absolute atomic E-state index is 15.6. The van der Waals surface area contributed by atoms with Gasteiger partial charge in [0.2, 0.25) is 10.0 Å². The smallest absolute Gasteiger partial charge is 0.338 e. The van der Waals surface area contributed by atoms with Crippen LogP contribution in [0.5, 0.6) is 0 Å². The number of fused-ring (bicyclic) bond motifs is 1. The number of ether oxygens (including phenoxy) is 1. The number of aliphatic imine (C=N–C) groups is 1. The number of benzene rings is 1. The highest BCUT2D eigenvalue weighted by Gasteiger charge is 2.62. The lowest BCUT2D eigenvalue weighted by atomic mass is 9.70. The number of aliphatic carboxylic acids is 1. The van der Waals surface area contributed by atoms with Crippen molar-refractivity contribution < 1.29 is 41.0 Å². The highest BCUT2D eigenvalue weighted by molar-refractivity contribution is 7.89. The fraction of sp³-hybridized carbons (Fsp3) is 0.533. The number of carbonyl (C=O) groups is 2. The molecule has 2 N–H and O–H groups in total. The summed E-state index contributed by atoms with van der Waals surface area (Å²) in [6, 6.07) is 2.51. The third kappa shape index (κ3) is 5.52. The van der Waals surface area contributed by atoms with Crippen molar-refractivity contribution in [3.05, 3.63) is 63.0 Å². The van der Waals surface area contributed by atoms with Gasteiger partial charge in [0.25, 0.3) is 5.92 Å². The second-order valence-electron chi connectivity index (χ2n) is 12.5. The van der Waals surface area contributed by atoms with Crippen molar-refractivity contribution in [2.75, 3.05) is 32.8 Å². The number of likely N-dealkylation sites (tertiary alicyclic amines) is 1. The molecule has 2 saturated heterocycles. The van der Waals surface area contributed by atoms with Crippen LogP contribution in [0, 0.1) is 24.1 Å². The largest absolute Gasteiger partial charge is 0.481 e. The Morgan fingerprint density at radius 1 is 1.24 bits per heavy atom. The highest BCUT2D eigenvalue weighted by Crippen LogP contribution is 2.49. The summed E-state index contributed by atoms with van der Waals surface area (Å²) in [6.45, 7) is 3.21. The molecule has 16 heteroatoms. The van der Waals surface area contributed by atoms with E-state index in [1.54, 1.807) is 31.5 Å². The molecule has 1 saturated carbocycles. The number of carboxylic acids is 1. The molecule has 4 aliphatic rings. The van der Waals surface area contributed by atoms with Gasteiger partial charge in [0.05, 0.1) is 35.3 Å². The van der Waals surface area contributed by atoms with Crippen LogP contribution in [0.4, 0.5) is 13.2 Å². The van der Waals surface area contributed by atoms with Crippen LogP contribution in [0.3, 0.4) is 0 Å². The van der Waals surface area contributed by atoms with Crippen LogP contribution < -0.4 is 5.32 Å². The highest BCUT2D eigenvalue weighted by atomic mass is 32.2. The Morgan fingerprint density at radius 3 is 2.63 bits per heavy atom. The number of carbonyl (C=O) groups excluding carboxylic acids is 1. The number of aromatic nitrogens is 1. The Labute approximate surface area is 268 Å². The summed E-state index contributed by atoms with van der Waals surface area (Å²) < 4.78 is 79.2. The molecule has 6 rings (SSSR count). The lowest BCUT2D eigenvalue weighted by Gasteiger charge is -2.42. The minimum Gasteiger partial charge on any atom is -0.481 e. The molecule has 4 heterocycles. The molecular weight excluding hydrogens is 647 g/mol. The third-order valence-electron chi connectivity index (χ3n) is 9.56. The Bertz CT molecular complexity index is 1730. The molecule has 248 valence electrons. The Morgan fingerprint density at radius 2 is 1.98 bits per heavy atom. The average Bonchev–Trinajstić information content (AvgIpc) is 3.71. The number of hydrogen-bond acceptors (Lipinski definition) is 10. The van der Waals surface area contributed by atoms with E-state index in [4.69, 9.17) is 9.73 Å². The molecule has 0 bridgehead atoms. The van der Waals surface area contributed by atoms with Crippen molar-refractivity contribution in [3.63, 3.8) is 0 Å². The first-order valence-electron chi connectivity index (χ1n) is 14.9. The predicted molar refractivity (Wildman–Crippen MR) is 162 cm³/mol. The monoisotopic (exact) mass is 681 g/mol. The van der Waals surface area contributed by atoms with Gasteiger partial charge in [0.15, 0.2) is 10.8 Å². The van der Waals surface area contributed by atoms with Gasteiger partial charge in [-0.25, -0.2) is 31.4 Å². The first kappa shape index (κ1) is 32.6. The van der Waals surface area contributed by atoms with E-state index in [0.29, 0.717) is 10.6 Å². The van der Waals surface area contributed by atoms with E-state index in [2.05, 4.69) is 10.3 Å². The van der Waals surface area contributed by atoms with Gasteiger partial charge >= 0.3 is 11.9 Å². The van der Waals surface area contributed by atoms with Crippen molar-refractivity contribution >= 4 is 39.1 Å². The molecule has 11 nitrogen and oxygen atoms in total. The van der Waals surface area contributed by atoms with Gasteiger partial charge in [-0.1, -0.05) is 12.1 Å². The molecule has 46 heavy (non-hydrogen) atoms. The summed E-state index contributed by atoms with van der Waals surface area (Å²) in [5.74, 6) is -6.61. The van der Waals surface area contributed by atoms with E-state index >= 15 is 8.78 Å². The number of esters is 1. The third-order valence-corrected chi connectivity index (χ3v) is 12.5. The summed E-state index contributed by atoms with van der Waals surface area (Å²) >= 11 is 1.27. The number of amidine groups is 1. The van der Waals surface area contributed by atoms with Crippen molar-refractivity contribution in [2.45, 2.75) is 56.9 Å². The lowest BCUT2D eigenvalue weighted by Crippen LogP contribution is -2.53. The number of sulfonamides is 1. The van der Waals surface area contributed by atoms with Crippen LogP contribution in [-0.4, -0.2) is 95.5 Å². The molecule has 0 spiro atoms. The van der Waals surface area contributed by atoms with E-state index in [1.165, 1.54) is 35.3 Å².